The van der Waals surface area contributed by atoms with Gasteiger partial charge in [0.05, 0.1) is 10.9 Å². The van der Waals surface area contributed by atoms with Crippen LogP contribution in [-0.4, -0.2) is 19.0 Å². The van der Waals surface area contributed by atoms with Crippen molar-refractivity contribution in [2.45, 2.75) is 30.2 Å². The highest BCUT2D eigenvalue weighted by Gasteiger charge is 2.44. The van der Waals surface area contributed by atoms with E-state index in [1.165, 1.54) is 6.07 Å². The van der Waals surface area contributed by atoms with Crippen molar-refractivity contribution in [3.05, 3.63) is 96.7 Å². The quantitative estimate of drug-likeness (QED) is 0.544. The summed E-state index contributed by atoms with van der Waals surface area (Å²) in [7, 11) is -4.28. The molecule has 0 spiro atoms. The maximum Gasteiger partial charge on any atom is 0.294 e. The van der Waals surface area contributed by atoms with Gasteiger partial charge in [-0.15, -0.1) is 0 Å². The third kappa shape index (κ3) is 3.72. The third-order valence-electron chi connectivity index (χ3n) is 5.57. The molecule has 3 aromatic rings. The molecule has 2 N–H and O–H groups in total. The van der Waals surface area contributed by atoms with Gasteiger partial charge in [-0.3, -0.25) is 4.55 Å². The molecule has 1 unspecified atom stereocenters. The lowest BCUT2D eigenvalue weighted by atomic mass is 9.80. The molecule has 0 radical (unpaired) electrons. The third-order valence-corrected chi connectivity index (χ3v) is 6.42. The molecule has 0 saturated heterocycles. The molecule has 0 amide bonds. The van der Waals surface area contributed by atoms with E-state index in [4.69, 9.17) is 0 Å². The molecule has 3 aromatic carbocycles. The van der Waals surface area contributed by atoms with E-state index in [-0.39, 0.29) is 10.9 Å². The second-order valence-electron chi connectivity index (χ2n) is 7.90. The summed E-state index contributed by atoms with van der Waals surface area (Å²) < 4.78 is 33.0. The first-order valence-corrected chi connectivity index (χ1v) is 11.2. The lowest BCUT2D eigenvalue weighted by molar-refractivity contribution is 0.480. The van der Waals surface area contributed by atoms with Gasteiger partial charge in [0.15, 0.2) is 0 Å². The van der Waals surface area contributed by atoms with Crippen molar-refractivity contribution >= 4 is 27.2 Å². The van der Waals surface area contributed by atoms with Gasteiger partial charge in [-0.1, -0.05) is 50.2 Å². The molecule has 1 atom stereocenters. The maximum atomic E-state index is 11.7. The monoisotopic (exact) mass is 420 g/mol. The van der Waals surface area contributed by atoms with Gasteiger partial charge in [0.2, 0.25) is 0 Å². The molecular weight excluding hydrogens is 396 g/mol. The van der Waals surface area contributed by atoms with E-state index in [0.717, 1.165) is 22.6 Å². The number of hydrogen-bond acceptors (Lipinski definition) is 4. The van der Waals surface area contributed by atoms with Crippen LogP contribution in [0.2, 0.25) is 0 Å². The molecule has 4 rings (SSSR count). The number of hydrogen-bond donors (Lipinski definition) is 2. The fraction of sp³-hybridized carbons (Fsp3) is 0.167. The van der Waals surface area contributed by atoms with E-state index in [0.29, 0.717) is 0 Å². The van der Waals surface area contributed by atoms with E-state index >= 15 is 0 Å². The van der Waals surface area contributed by atoms with Crippen molar-refractivity contribution in [3.8, 4) is 0 Å². The Hall–Kier alpha value is -3.09. The van der Waals surface area contributed by atoms with E-state index in [1.807, 2.05) is 66.9 Å². The van der Waals surface area contributed by atoms with E-state index in [1.54, 1.807) is 12.1 Å². The van der Waals surface area contributed by atoms with Crippen LogP contribution in [0, 0.1) is 0 Å². The van der Waals surface area contributed by atoms with Gasteiger partial charge >= 0.3 is 0 Å². The molecule has 6 heteroatoms. The van der Waals surface area contributed by atoms with Gasteiger partial charge in [0.25, 0.3) is 10.1 Å². The molecule has 0 aromatic heterocycles. The summed E-state index contributed by atoms with van der Waals surface area (Å²) in [5, 5.41) is 3.30. The standard InChI is InChI=1S/C24H24N2O3S/c1-24(2)21-17-20(30(27,28)29)13-14-22(21)26(19-11-7-4-8-12-19)23(24)15-16-25-18-9-5-3-6-10-18/h3-17,23,25H,1-2H3,(H,27,28,29)/b16-15+. The predicted molar refractivity (Wildman–Crippen MR) is 121 cm³/mol. The number of fused-ring (bicyclic) bond motifs is 1. The lowest BCUT2D eigenvalue weighted by Gasteiger charge is -2.32. The Kier molecular flexibility index (Phi) is 5.13. The summed E-state index contributed by atoms with van der Waals surface area (Å²) in [6, 6.07) is 24.6. The van der Waals surface area contributed by atoms with Crippen LogP contribution in [-0.2, 0) is 15.5 Å². The second-order valence-corrected chi connectivity index (χ2v) is 9.32. The number of nitrogens with zero attached hydrogens (tertiary/aromatic N) is 1. The molecule has 1 aliphatic rings. The Bertz CT molecular complexity index is 1170. The molecule has 0 saturated carbocycles. The van der Waals surface area contributed by atoms with Gasteiger partial charge in [0.1, 0.15) is 0 Å². The number of nitrogens with one attached hydrogen (secondary N) is 1. The first-order chi connectivity index (χ1) is 14.3. The van der Waals surface area contributed by atoms with Gasteiger partial charge in [-0.05, 0) is 60.3 Å². The molecule has 5 nitrogen and oxygen atoms in total. The SMILES string of the molecule is CC1(C)c2cc(S(=O)(=O)O)ccc2N(c2ccccc2)C1/C=C/Nc1ccccc1. The zero-order valence-corrected chi connectivity index (χ0v) is 17.7. The Balaban J connectivity index is 1.78. The van der Waals surface area contributed by atoms with Crippen LogP contribution in [0.3, 0.4) is 0 Å². The Morgan fingerprint density at radius 1 is 0.967 bits per heavy atom. The minimum absolute atomic E-state index is 0.0669. The van der Waals surface area contributed by atoms with Crippen molar-refractivity contribution in [1.82, 2.24) is 0 Å². The molecule has 0 bridgehead atoms. The summed E-state index contributed by atoms with van der Waals surface area (Å²) in [5.41, 5.74) is 3.39. The van der Waals surface area contributed by atoms with Gasteiger partial charge in [-0.25, -0.2) is 0 Å². The average molecular weight is 421 g/mol. The highest BCUT2D eigenvalue weighted by atomic mass is 32.2. The van der Waals surface area contributed by atoms with Crippen LogP contribution in [0.25, 0.3) is 0 Å². The largest absolute Gasteiger partial charge is 0.362 e. The molecule has 30 heavy (non-hydrogen) atoms. The molecule has 0 aliphatic carbocycles. The van der Waals surface area contributed by atoms with Crippen LogP contribution in [0.5, 0.6) is 0 Å². The van der Waals surface area contributed by atoms with Gasteiger partial charge < -0.3 is 10.2 Å². The first-order valence-electron chi connectivity index (χ1n) is 9.73. The van der Waals surface area contributed by atoms with E-state index in [9.17, 15) is 13.0 Å². The van der Waals surface area contributed by atoms with Crippen molar-refractivity contribution in [1.29, 1.82) is 0 Å². The first kappa shape index (κ1) is 20.2. The van der Waals surface area contributed by atoms with Crippen LogP contribution >= 0.6 is 0 Å². The summed E-state index contributed by atoms with van der Waals surface area (Å²) >= 11 is 0. The van der Waals surface area contributed by atoms with Crippen LogP contribution < -0.4 is 10.2 Å². The number of benzene rings is 3. The molecule has 0 fully saturated rings. The highest BCUT2D eigenvalue weighted by Crippen LogP contribution is 2.49. The fourth-order valence-electron chi connectivity index (χ4n) is 4.02. The maximum absolute atomic E-state index is 11.7. The van der Waals surface area contributed by atoms with Crippen molar-refractivity contribution in [3.63, 3.8) is 0 Å². The zero-order valence-electron chi connectivity index (χ0n) is 16.9. The number of para-hydroxylation sites is 2. The smallest absolute Gasteiger partial charge is 0.294 e. The number of rotatable bonds is 5. The average Bonchev–Trinajstić information content (AvgIpc) is 2.95. The van der Waals surface area contributed by atoms with Crippen LogP contribution in [0.15, 0.2) is 96.0 Å². The van der Waals surface area contributed by atoms with E-state index in [2.05, 4.69) is 30.1 Å². The van der Waals surface area contributed by atoms with Crippen molar-refractivity contribution in [2.24, 2.45) is 0 Å². The molecule has 1 heterocycles. The van der Waals surface area contributed by atoms with E-state index < -0.39 is 15.5 Å². The Morgan fingerprint density at radius 2 is 1.60 bits per heavy atom. The molecular formula is C24H24N2O3S. The highest BCUT2D eigenvalue weighted by molar-refractivity contribution is 7.85. The minimum atomic E-state index is -4.28. The zero-order chi connectivity index (χ0) is 21.4. The number of anilines is 3. The Morgan fingerprint density at radius 3 is 2.23 bits per heavy atom. The summed E-state index contributed by atoms with van der Waals surface area (Å²) in [6.45, 7) is 4.17. The lowest BCUT2D eigenvalue weighted by Crippen LogP contribution is -2.37. The molecule has 1 aliphatic heterocycles. The van der Waals surface area contributed by atoms with Gasteiger partial charge in [0, 0.05) is 22.5 Å². The van der Waals surface area contributed by atoms with Crippen LogP contribution in [0.1, 0.15) is 19.4 Å². The summed E-state index contributed by atoms with van der Waals surface area (Å²) in [4.78, 5) is 2.11. The Labute approximate surface area is 177 Å². The normalized spacial score (nSPS) is 17.8. The molecule has 154 valence electrons. The predicted octanol–water partition coefficient (Wildman–Crippen LogP) is 5.36. The summed E-state index contributed by atoms with van der Waals surface area (Å²) in [5.74, 6) is 0. The van der Waals surface area contributed by atoms with Gasteiger partial charge in [-0.2, -0.15) is 8.42 Å². The topological polar surface area (TPSA) is 69.6 Å². The summed E-state index contributed by atoms with van der Waals surface area (Å²) in [6.07, 6.45) is 4.01. The fourth-order valence-corrected chi connectivity index (χ4v) is 4.53. The van der Waals surface area contributed by atoms with Crippen molar-refractivity contribution < 1.29 is 13.0 Å². The van der Waals surface area contributed by atoms with Crippen LogP contribution in [0.4, 0.5) is 17.1 Å². The minimum Gasteiger partial charge on any atom is -0.362 e. The second kappa shape index (κ2) is 7.63. The van der Waals surface area contributed by atoms with Crippen molar-refractivity contribution in [2.75, 3.05) is 10.2 Å².